The molecule has 1 atom stereocenters. The standard InChI is InChI=1S/C31H27N/c1-24-12-18-29(19-13-24)32(30-20-14-27(15-21-30)25-8-4-2-5-9-25)31-22-16-28(17-23-31)26-10-6-3-7-11-26/h2-10,12-23,26H,11H2,1H3. The molecule has 0 N–H and O–H groups in total. The van der Waals surface area contributed by atoms with Crippen LogP contribution in [0.15, 0.2) is 127 Å². The van der Waals surface area contributed by atoms with Crippen molar-refractivity contribution >= 4 is 17.1 Å². The maximum Gasteiger partial charge on any atom is 0.0462 e. The summed E-state index contributed by atoms with van der Waals surface area (Å²) in [5.41, 5.74) is 8.57. The zero-order valence-electron chi connectivity index (χ0n) is 18.4. The van der Waals surface area contributed by atoms with Crippen LogP contribution in [0.25, 0.3) is 11.1 Å². The lowest BCUT2D eigenvalue weighted by atomic mass is 9.92. The van der Waals surface area contributed by atoms with Gasteiger partial charge in [0.15, 0.2) is 0 Å². The summed E-state index contributed by atoms with van der Waals surface area (Å²) >= 11 is 0. The number of aryl methyl sites for hydroxylation is 1. The molecule has 0 fully saturated rings. The van der Waals surface area contributed by atoms with E-state index in [1.54, 1.807) is 0 Å². The van der Waals surface area contributed by atoms with E-state index in [2.05, 4.69) is 139 Å². The molecule has 0 heterocycles. The Labute approximate surface area is 191 Å². The number of rotatable bonds is 5. The molecule has 1 nitrogen and oxygen atoms in total. The minimum Gasteiger partial charge on any atom is -0.311 e. The molecule has 32 heavy (non-hydrogen) atoms. The van der Waals surface area contributed by atoms with Gasteiger partial charge in [0.05, 0.1) is 0 Å². The minimum absolute atomic E-state index is 0.465. The predicted octanol–water partition coefficient (Wildman–Crippen LogP) is 8.73. The second kappa shape index (κ2) is 9.11. The van der Waals surface area contributed by atoms with Crippen LogP contribution in [0.1, 0.15) is 23.5 Å². The van der Waals surface area contributed by atoms with Gasteiger partial charge in [0, 0.05) is 23.0 Å². The fourth-order valence-electron chi connectivity index (χ4n) is 4.27. The molecule has 4 aromatic carbocycles. The number of anilines is 3. The van der Waals surface area contributed by atoms with Gasteiger partial charge in [-0.1, -0.05) is 96.6 Å². The lowest BCUT2D eigenvalue weighted by Crippen LogP contribution is -2.10. The summed E-state index contributed by atoms with van der Waals surface area (Å²) in [5.74, 6) is 0.465. The Morgan fingerprint density at radius 1 is 0.594 bits per heavy atom. The van der Waals surface area contributed by atoms with Crippen LogP contribution in [0.5, 0.6) is 0 Å². The van der Waals surface area contributed by atoms with E-state index >= 15 is 0 Å². The highest BCUT2D eigenvalue weighted by atomic mass is 15.1. The van der Waals surface area contributed by atoms with Crippen LogP contribution in [-0.4, -0.2) is 0 Å². The van der Waals surface area contributed by atoms with Crippen molar-refractivity contribution in [3.05, 3.63) is 139 Å². The Kier molecular flexibility index (Phi) is 5.72. The van der Waals surface area contributed by atoms with E-state index in [1.165, 1.54) is 27.9 Å². The Morgan fingerprint density at radius 3 is 1.75 bits per heavy atom. The zero-order valence-corrected chi connectivity index (χ0v) is 18.4. The van der Waals surface area contributed by atoms with Crippen LogP contribution in [-0.2, 0) is 0 Å². The maximum absolute atomic E-state index is 2.33. The highest BCUT2D eigenvalue weighted by Crippen LogP contribution is 2.37. The topological polar surface area (TPSA) is 3.24 Å². The summed E-state index contributed by atoms with van der Waals surface area (Å²) in [7, 11) is 0. The molecule has 1 unspecified atom stereocenters. The van der Waals surface area contributed by atoms with Gasteiger partial charge in [0.2, 0.25) is 0 Å². The molecule has 0 bridgehead atoms. The molecule has 0 amide bonds. The Hall–Kier alpha value is -3.84. The molecular weight excluding hydrogens is 386 g/mol. The lowest BCUT2D eigenvalue weighted by Gasteiger charge is -2.26. The first-order valence-electron chi connectivity index (χ1n) is 11.2. The van der Waals surface area contributed by atoms with Crippen LogP contribution < -0.4 is 4.90 Å². The quantitative estimate of drug-likeness (QED) is 0.316. The third-order valence-electron chi connectivity index (χ3n) is 6.08. The van der Waals surface area contributed by atoms with Crippen molar-refractivity contribution < 1.29 is 0 Å². The van der Waals surface area contributed by atoms with Gasteiger partial charge in [-0.25, -0.2) is 0 Å². The van der Waals surface area contributed by atoms with E-state index in [0.717, 1.165) is 17.8 Å². The van der Waals surface area contributed by atoms with Crippen molar-refractivity contribution in [2.24, 2.45) is 0 Å². The molecule has 5 rings (SSSR count). The molecule has 1 heteroatoms. The van der Waals surface area contributed by atoms with E-state index in [-0.39, 0.29) is 0 Å². The summed E-state index contributed by atoms with van der Waals surface area (Å²) in [5, 5.41) is 0. The molecule has 0 aromatic heterocycles. The third-order valence-corrected chi connectivity index (χ3v) is 6.08. The molecule has 0 saturated carbocycles. The van der Waals surface area contributed by atoms with Gasteiger partial charge < -0.3 is 4.90 Å². The van der Waals surface area contributed by atoms with Gasteiger partial charge in [-0.15, -0.1) is 0 Å². The van der Waals surface area contributed by atoms with E-state index in [4.69, 9.17) is 0 Å². The first-order chi connectivity index (χ1) is 15.8. The summed E-state index contributed by atoms with van der Waals surface area (Å²) in [6.07, 6.45) is 9.87. The number of nitrogens with zero attached hydrogens (tertiary/aromatic N) is 1. The first-order valence-corrected chi connectivity index (χ1v) is 11.2. The number of hydrogen-bond donors (Lipinski definition) is 0. The highest BCUT2D eigenvalue weighted by Gasteiger charge is 2.14. The zero-order chi connectivity index (χ0) is 21.8. The minimum atomic E-state index is 0.465. The number of allylic oxidation sites excluding steroid dienone is 4. The molecule has 156 valence electrons. The molecule has 0 aliphatic heterocycles. The van der Waals surface area contributed by atoms with Crippen molar-refractivity contribution in [2.45, 2.75) is 19.3 Å². The van der Waals surface area contributed by atoms with E-state index < -0.39 is 0 Å². The van der Waals surface area contributed by atoms with Crippen molar-refractivity contribution in [3.63, 3.8) is 0 Å². The second-order valence-electron chi connectivity index (χ2n) is 8.33. The van der Waals surface area contributed by atoms with Gasteiger partial charge in [-0.2, -0.15) is 0 Å². The Morgan fingerprint density at radius 2 is 1.16 bits per heavy atom. The Balaban J connectivity index is 1.50. The van der Waals surface area contributed by atoms with Gasteiger partial charge in [0.25, 0.3) is 0 Å². The van der Waals surface area contributed by atoms with Crippen LogP contribution >= 0.6 is 0 Å². The van der Waals surface area contributed by atoms with Crippen LogP contribution in [0.4, 0.5) is 17.1 Å². The summed E-state index contributed by atoms with van der Waals surface area (Å²) < 4.78 is 0. The highest BCUT2D eigenvalue weighted by molar-refractivity contribution is 5.78. The summed E-state index contributed by atoms with van der Waals surface area (Å²) in [4.78, 5) is 2.33. The van der Waals surface area contributed by atoms with Crippen molar-refractivity contribution in [1.29, 1.82) is 0 Å². The van der Waals surface area contributed by atoms with Gasteiger partial charge in [-0.05, 0) is 66.4 Å². The first kappa shape index (κ1) is 20.1. The third kappa shape index (κ3) is 4.29. The average Bonchev–Trinajstić information content (AvgIpc) is 2.87. The van der Waals surface area contributed by atoms with Crippen LogP contribution in [0.3, 0.4) is 0 Å². The monoisotopic (exact) mass is 413 g/mol. The van der Waals surface area contributed by atoms with Crippen molar-refractivity contribution in [2.75, 3.05) is 4.90 Å². The van der Waals surface area contributed by atoms with E-state index in [0.29, 0.717) is 5.92 Å². The van der Waals surface area contributed by atoms with Gasteiger partial charge in [0.1, 0.15) is 0 Å². The summed E-state index contributed by atoms with van der Waals surface area (Å²) in [6, 6.07) is 37.1. The number of benzene rings is 4. The largest absolute Gasteiger partial charge is 0.311 e. The number of hydrogen-bond acceptors (Lipinski definition) is 1. The fraction of sp³-hybridized carbons (Fsp3) is 0.0968. The maximum atomic E-state index is 2.33. The molecule has 0 saturated heterocycles. The SMILES string of the molecule is Cc1ccc(N(c2ccc(-c3ccccc3)cc2)c2ccc(C3C=CC=CC3)cc2)cc1. The lowest BCUT2D eigenvalue weighted by molar-refractivity contribution is 0.854. The van der Waals surface area contributed by atoms with Gasteiger partial charge >= 0.3 is 0 Å². The van der Waals surface area contributed by atoms with E-state index in [9.17, 15) is 0 Å². The molecule has 1 aliphatic carbocycles. The van der Waals surface area contributed by atoms with Crippen molar-refractivity contribution in [1.82, 2.24) is 0 Å². The second-order valence-corrected chi connectivity index (χ2v) is 8.33. The van der Waals surface area contributed by atoms with E-state index in [1.807, 2.05) is 0 Å². The molecule has 1 aliphatic rings. The smallest absolute Gasteiger partial charge is 0.0462 e. The van der Waals surface area contributed by atoms with Crippen LogP contribution in [0, 0.1) is 6.92 Å². The average molecular weight is 414 g/mol. The van der Waals surface area contributed by atoms with Crippen LogP contribution in [0.2, 0.25) is 0 Å². The molecule has 0 radical (unpaired) electrons. The summed E-state index contributed by atoms with van der Waals surface area (Å²) in [6.45, 7) is 2.13. The predicted molar refractivity (Wildman–Crippen MR) is 137 cm³/mol. The normalized spacial score (nSPS) is 15.0. The fourth-order valence-corrected chi connectivity index (χ4v) is 4.27. The molecule has 0 spiro atoms. The Bertz CT molecular complexity index is 1210. The molecular formula is C31H27N. The van der Waals surface area contributed by atoms with Gasteiger partial charge in [-0.3, -0.25) is 0 Å². The van der Waals surface area contributed by atoms with Crippen molar-refractivity contribution in [3.8, 4) is 11.1 Å². The molecule has 4 aromatic rings.